The van der Waals surface area contributed by atoms with E-state index in [1.807, 2.05) is 45.0 Å². The molecular weight excluding hydrogens is 369 g/mol. The molecule has 0 atom stereocenters. The Hall–Kier alpha value is -3.21. The van der Waals surface area contributed by atoms with E-state index < -0.39 is 11.8 Å². The van der Waals surface area contributed by atoms with Crippen molar-refractivity contribution >= 4 is 5.97 Å². The van der Waals surface area contributed by atoms with Crippen LogP contribution in [0.1, 0.15) is 41.2 Å². The summed E-state index contributed by atoms with van der Waals surface area (Å²) in [4.78, 5) is 16.5. The lowest BCUT2D eigenvalue weighted by molar-refractivity contribution is 0.0693. The normalized spacial score (nSPS) is 10.9. The zero-order valence-corrected chi connectivity index (χ0v) is 16.8. The summed E-state index contributed by atoms with van der Waals surface area (Å²) in [5, 5.41) is 9.73. The summed E-state index contributed by atoms with van der Waals surface area (Å²) in [6, 6.07) is 15.4. The van der Waals surface area contributed by atoms with E-state index in [-0.39, 0.29) is 18.1 Å². The SMILES string of the molecule is Cc1cccc(OCc2nc(CC(C)C)c(-c3ccccc3F)cc2C(=O)O)c1. The summed E-state index contributed by atoms with van der Waals surface area (Å²) in [7, 11) is 0. The zero-order chi connectivity index (χ0) is 21.0. The van der Waals surface area contributed by atoms with Crippen LogP contribution in [0, 0.1) is 18.7 Å². The second-order valence-corrected chi connectivity index (χ2v) is 7.47. The van der Waals surface area contributed by atoms with Crippen molar-refractivity contribution in [2.24, 2.45) is 5.92 Å². The maximum Gasteiger partial charge on any atom is 0.337 e. The number of benzene rings is 2. The standard InChI is InChI=1S/C24H24FNO3/c1-15(2)11-22-19(18-9-4-5-10-21(18)25)13-20(24(27)28)23(26-22)14-29-17-8-6-7-16(3)12-17/h4-10,12-13,15H,11,14H2,1-3H3,(H,27,28). The van der Waals surface area contributed by atoms with Crippen LogP contribution >= 0.6 is 0 Å². The van der Waals surface area contributed by atoms with Gasteiger partial charge in [0.1, 0.15) is 18.2 Å². The van der Waals surface area contributed by atoms with Crippen LogP contribution in [0.3, 0.4) is 0 Å². The second kappa shape index (κ2) is 8.86. The molecule has 0 saturated carbocycles. The summed E-state index contributed by atoms with van der Waals surface area (Å²) >= 11 is 0. The van der Waals surface area contributed by atoms with E-state index in [1.54, 1.807) is 18.2 Å². The molecule has 0 spiro atoms. The number of aryl methyl sites for hydroxylation is 1. The van der Waals surface area contributed by atoms with Crippen molar-refractivity contribution in [1.29, 1.82) is 0 Å². The van der Waals surface area contributed by atoms with Gasteiger partial charge in [-0.2, -0.15) is 0 Å². The summed E-state index contributed by atoms with van der Waals surface area (Å²) in [5.41, 5.74) is 2.92. The van der Waals surface area contributed by atoms with Gasteiger partial charge in [-0.05, 0) is 49.1 Å². The van der Waals surface area contributed by atoms with Gasteiger partial charge in [-0.25, -0.2) is 9.18 Å². The first kappa shape index (κ1) is 20.5. The molecule has 0 bridgehead atoms. The first-order chi connectivity index (χ1) is 13.8. The van der Waals surface area contributed by atoms with Gasteiger partial charge in [-0.3, -0.25) is 4.98 Å². The van der Waals surface area contributed by atoms with Crippen molar-refractivity contribution in [3.8, 4) is 16.9 Å². The Morgan fingerprint density at radius 1 is 1.07 bits per heavy atom. The molecule has 0 aliphatic carbocycles. The molecule has 1 heterocycles. The number of carboxylic acid groups (broad SMARTS) is 1. The Bertz CT molecular complexity index is 1030. The average Bonchev–Trinajstić information content (AvgIpc) is 2.66. The highest BCUT2D eigenvalue weighted by atomic mass is 19.1. The Morgan fingerprint density at radius 3 is 2.48 bits per heavy atom. The Morgan fingerprint density at radius 2 is 1.83 bits per heavy atom. The predicted octanol–water partition coefficient (Wildman–Crippen LogP) is 5.67. The van der Waals surface area contributed by atoms with Gasteiger partial charge >= 0.3 is 5.97 Å². The van der Waals surface area contributed by atoms with Gasteiger partial charge < -0.3 is 9.84 Å². The number of halogens is 1. The minimum Gasteiger partial charge on any atom is -0.487 e. The smallest absolute Gasteiger partial charge is 0.337 e. The lowest BCUT2D eigenvalue weighted by atomic mass is 9.95. The third kappa shape index (κ3) is 4.99. The number of rotatable bonds is 7. The number of ether oxygens (including phenoxy) is 1. The van der Waals surface area contributed by atoms with Gasteiger partial charge in [0.25, 0.3) is 0 Å². The van der Waals surface area contributed by atoms with Crippen LogP contribution in [0.5, 0.6) is 5.75 Å². The van der Waals surface area contributed by atoms with Crippen LogP contribution in [-0.4, -0.2) is 16.1 Å². The monoisotopic (exact) mass is 393 g/mol. The Labute approximate surface area is 170 Å². The average molecular weight is 393 g/mol. The molecule has 5 heteroatoms. The van der Waals surface area contributed by atoms with E-state index in [4.69, 9.17) is 4.74 Å². The van der Waals surface area contributed by atoms with Gasteiger partial charge in [0.05, 0.1) is 11.3 Å². The van der Waals surface area contributed by atoms with Crippen LogP contribution in [0.15, 0.2) is 54.6 Å². The van der Waals surface area contributed by atoms with Crippen molar-refractivity contribution < 1.29 is 19.0 Å². The fourth-order valence-corrected chi connectivity index (χ4v) is 3.20. The molecule has 4 nitrogen and oxygen atoms in total. The molecule has 0 aliphatic heterocycles. The largest absolute Gasteiger partial charge is 0.487 e. The van der Waals surface area contributed by atoms with Gasteiger partial charge in [0, 0.05) is 16.8 Å². The third-order valence-corrected chi connectivity index (χ3v) is 4.54. The number of aromatic carboxylic acids is 1. The molecule has 0 unspecified atom stereocenters. The molecule has 0 fully saturated rings. The number of pyridine rings is 1. The van der Waals surface area contributed by atoms with Crippen LogP contribution in [0.25, 0.3) is 11.1 Å². The highest BCUT2D eigenvalue weighted by Crippen LogP contribution is 2.30. The summed E-state index contributed by atoms with van der Waals surface area (Å²) in [6.45, 7) is 6.06. The van der Waals surface area contributed by atoms with Crippen LogP contribution in [0.2, 0.25) is 0 Å². The van der Waals surface area contributed by atoms with E-state index >= 15 is 0 Å². The molecule has 0 saturated heterocycles. The minimum absolute atomic E-state index is 0.0170. The number of nitrogens with zero attached hydrogens (tertiary/aromatic N) is 1. The van der Waals surface area contributed by atoms with Crippen molar-refractivity contribution in [3.63, 3.8) is 0 Å². The number of carboxylic acids is 1. The van der Waals surface area contributed by atoms with E-state index in [0.29, 0.717) is 34.7 Å². The minimum atomic E-state index is -1.12. The van der Waals surface area contributed by atoms with Crippen molar-refractivity contribution in [3.05, 3.63) is 82.9 Å². The fourth-order valence-electron chi connectivity index (χ4n) is 3.20. The van der Waals surface area contributed by atoms with Gasteiger partial charge in [0.2, 0.25) is 0 Å². The molecule has 2 aromatic carbocycles. The third-order valence-electron chi connectivity index (χ3n) is 4.54. The first-order valence-electron chi connectivity index (χ1n) is 9.55. The van der Waals surface area contributed by atoms with Gasteiger partial charge in [-0.15, -0.1) is 0 Å². The van der Waals surface area contributed by atoms with Gasteiger partial charge in [0.15, 0.2) is 0 Å². The van der Waals surface area contributed by atoms with Crippen molar-refractivity contribution in [1.82, 2.24) is 4.98 Å². The maximum absolute atomic E-state index is 14.4. The molecule has 29 heavy (non-hydrogen) atoms. The topological polar surface area (TPSA) is 59.4 Å². The fraction of sp³-hybridized carbons (Fsp3) is 0.250. The molecule has 0 radical (unpaired) electrons. The van der Waals surface area contributed by atoms with E-state index in [9.17, 15) is 14.3 Å². The quantitative estimate of drug-likeness (QED) is 0.562. The molecule has 0 amide bonds. The van der Waals surface area contributed by atoms with E-state index in [1.165, 1.54) is 12.1 Å². The first-order valence-corrected chi connectivity index (χ1v) is 9.55. The molecule has 1 aromatic heterocycles. The van der Waals surface area contributed by atoms with Crippen LogP contribution in [0.4, 0.5) is 4.39 Å². The lowest BCUT2D eigenvalue weighted by Gasteiger charge is -2.16. The molecular formula is C24H24FNO3. The number of hydrogen-bond acceptors (Lipinski definition) is 3. The lowest BCUT2D eigenvalue weighted by Crippen LogP contribution is -2.13. The van der Waals surface area contributed by atoms with E-state index in [0.717, 1.165) is 5.56 Å². The highest BCUT2D eigenvalue weighted by Gasteiger charge is 2.20. The molecule has 150 valence electrons. The van der Waals surface area contributed by atoms with Crippen LogP contribution in [-0.2, 0) is 13.0 Å². The predicted molar refractivity (Wildman–Crippen MR) is 111 cm³/mol. The summed E-state index contributed by atoms with van der Waals surface area (Å²) < 4.78 is 20.2. The Balaban J connectivity index is 2.06. The van der Waals surface area contributed by atoms with E-state index in [2.05, 4.69) is 4.98 Å². The van der Waals surface area contributed by atoms with Gasteiger partial charge in [-0.1, -0.05) is 44.2 Å². The maximum atomic E-state index is 14.4. The summed E-state index contributed by atoms with van der Waals surface area (Å²) in [6.07, 6.45) is 0.598. The molecule has 3 aromatic rings. The number of carbonyl (C=O) groups is 1. The van der Waals surface area contributed by atoms with Crippen molar-refractivity contribution in [2.45, 2.75) is 33.8 Å². The Kier molecular flexibility index (Phi) is 6.27. The zero-order valence-electron chi connectivity index (χ0n) is 16.8. The highest BCUT2D eigenvalue weighted by molar-refractivity contribution is 5.91. The van der Waals surface area contributed by atoms with Crippen LogP contribution < -0.4 is 4.74 Å². The second-order valence-electron chi connectivity index (χ2n) is 7.47. The number of hydrogen-bond donors (Lipinski definition) is 1. The molecule has 3 rings (SSSR count). The van der Waals surface area contributed by atoms with Crippen molar-refractivity contribution in [2.75, 3.05) is 0 Å². The number of aromatic nitrogens is 1. The molecule has 0 aliphatic rings. The molecule has 1 N–H and O–H groups in total. The summed E-state index contributed by atoms with van der Waals surface area (Å²) in [5.74, 6) is -0.602.